The van der Waals surface area contributed by atoms with E-state index in [1.54, 1.807) is 0 Å². The van der Waals surface area contributed by atoms with Crippen molar-refractivity contribution in [2.45, 2.75) is 31.5 Å². The highest BCUT2D eigenvalue weighted by Crippen LogP contribution is 2.36. The molecule has 8 heavy (non-hydrogen) atoms. The van der Waals surface area contributed by atoms with Crippen molar-refractivity contribution in [1.29, 1.82) is 0 Å². The lowest BCUT2D eigenvalue weighted by atomic mass is 9.97. The van der Waals surface area contributed by atoms with Crippen molar-refractivity contribution in [2.75, 3.05) is 0 Å². The molecule has 0 aromatic heterocycles. The van der Waals surface area contributed by atoms with E-state index in [4.69, 9.17) is 4.74 Å². The van der Waals surface area contributed by atoms with Crippen LogP contribution in [-0.4, -0.2) is 12.2 Å². The Morgan fingerprint density at radius 3 is 2.62 bits per heavy atom. The predicted octanol–water partition coefficient (Wildman–Crippen LogP) is 1.49. The van der Waals surface area contributed by atoms with Crippen LogP contribution in [0.1, 0.15) is 19.3 Å². The zero-order chi connectivity index (χ0) is 5.56. The van der Waals surface area contributed by atoms with Gasteiger partial charge in [0, 0.05) is 0 Å². The van der Waals surface area contributed by atoms with Crippen LogP contribution in [0.5, 0.6) is 0 Å². The van der Waals surface area contributed by atoms with E-state index in [9.17, 15) is 0 Å². The number of hydrogen-bond acceptors (Lipinski definition) is 1. The summed E-state index contributed by atoms with van der Waals surface area (Å²) in [6.45, 7) is 3.91. The highest BCUT2D eigenvalue weighted by Gasteiger charge is 2.34. The van der Waals surface area contributed by atoms with E-state index < -0.39 is 0 Å². The smallest absolute Gasteiger partial charge is 0.0788 e. The number of fused-ring (bicyclic) bond motifs is 2. The minimum absolute atomic E-state index is 0.444. The molecule has 2 unspecified atom stereocenters. The summed E-state index contributed by atoms with van der Waals surface area (Å²) < 4.78 is 5.48. The van der Waals surface area contributed by atoms with Crippen molar-refractivity contribution in [3.63, 3.8) is 0 Å². The Bertz CT molecular complexity index is 128. The number of ether oxygens (including phenoxy) is 1. The minimum Gasteiger partial charge on any atom is -0.370 e. The Morgan fingerprint density at radius 2 is 2.38 bits per heavy atom. The molecule has 2 bridgehead atoms. The largest absolute Gasteiger partial charge is 0.370 e. The van der Waals surface area contributed by atoms with Crippen LogP contribution in [0.4, 0.5) is 0 Å². The van der Waals surface area contributed by atoms with Crippen LogP contribution in [0.3, 0.4) is 0 Å². The van der Waals surface area contributed by atoms with Crippen molar-refractivity contribution in [2.24, 2.45) is 0 Å². The number of rotatable bonds is 0. The molecular weight excluding hydrogens is 100 g/mol. The summed E-state index contributed by atoms with van der Waals surface area (Å²) in [4.78, 5) is 0. The lowest BCUT2D eigenvalue weighted by molar-refractivity contribution is 0.112. The average Bonchev–Trinajstić information content (AvgIpc) is 2.23. The quantitative estimate of drug-likeness (QED) is 0.429. The first-order valence-electron chi connectivity index (χ1n) is 3.19. The minimum atomic E-state index is 0.444. The van der Waals surface area contributed by atoms with Gasteiger partial charge in [0.15, 0.2) is 0 Å². The van der Waals surface area contributed by atoms with Gasteiger partial charge in [0.1, 0.15) is 0 Å². The molecular formula is C7H10O. The monoisotopic (exact) mass is 110 g/mol. The fourth-order valence-corrected chi connectivity index (χ4v) is 1.58. The van der Waals surface area contributed by atoms with Crippen LogP contribution in [0.2, 0.25) is 0 Å². The molecule has 2 atom stereocenters. The summed E-state index contributed by atoms with van der Waals surface area (Å²) in [6, 6.07) is 0. The van der Waals surface area contributed by atoms with E-state index in [0.29, 0.717) is 12.2 Å². The fraction of sp³-hybridized carbons (Fsp3) is 0.714. The molecule has 0 saturated carbocycles. The first-order valence-corrected chi connectivity index (χ1v) is 3.19. The van der Waals surface area contributed by atoms with Gasteiger partial charge in [-0.05, 0) is 24.8 Å². The Hall–Kier alpha value is -0.300. The third-order valence-corrected chi connectivity index (χ3v) is 2.05. The predicted molar refractivity (Wildman–Crippen MR) is 31.7 cm³/mol. The highest BCUT2D eigenvalue weighted by atomic mass is 16.5. The topological polar surface area (TPSA) is 9.23 Å². The van der Waals surface area contributed by atoms with Crippen molar-refractivity contribution in [1.82, 2.24) is 0 Å². The van der Waals surface area contributed by atoms with Crippen LogP contribution in [0.15, 0.2) is 12.2 Å². The molecule has 1 nitrogen and oxygen atoms in total. The molecule has 2 rings (SSSR count). The van der Waals surface area contributed by atoms with E-state index in [1.165, 1.54) is 18.4 Å². The van der Waals surface area contributed by atoms with Gasteiger partial charge in [-0.2, -0.15) is 0 Å². The lowest BCUT2D eigenvalue weighted by Gasteiger charge is -2.04. The van der Waals surface area contributed by atoms with Gasteiger partial charge in [0.2, 0.25) is 0 Å². The molecule has 0 radical (unpaired) electrons. The summed E-state index contributed by atoms with van der Waals surface area (Å²) in [5.41, 5.74) is 1.32. The van der Waals surface area contributed by atoms with Crippen LogP contribution >= 0.6 is 0 Å². The molecule has 2 aliphatic rings. The van der Waals surface area contributed by atoms with Crippen LogP contribution < -0.4 is 0 Å². The molecule has 0 aliphatic carbocycles. The van der Waals surface area contributed by atoms with Crippen molar-refractivity contribution in [3.05, 3.63) is 12.2 Å². The normalized spacial score (nSPS) is 43.8. The Kier molecular flexibility index (Phi) is 0.770. The molecule has 2 saturated heterocycles. The molecule has 0 aromatic carbocycles. The SMILES string of the molecule is C=C1CC2CCC1O2. The maximum absolute atomic E-state index is 5.48. The fourth-order valence-electron chi connectivity index (χ4n) is 1.58. The Balaban J connectivity index is 2.22. The Labute approximate surface area is 49.3 Å². The van der Waals surface area contributed by atoms with Gasteiger partial charge in [0.05, 0.1) is 12.2 Å². The second-order valence-electron chi connectivity index (χ2n) is 2.69. The van der Waals surface area contributed by atoms with Crippen LogP contribution in [0.25, 0.3) is 0 Å². The summed E-state index contributed by atoms with van der Waals surface area (Å²) in [5, 5.41) is 0. The summed E-state index contributed by atoms with van der Waals surface area (Å²) in [5.74, 6) is 0. The zero-order valence-corrected chi connectivity index (χ0v) is 4.89. The molecule has 2 aliphatic heterocycles. The van der Waals surface area contributed by atoms with E-state index in [2.05, 4.69) is 6.58 Å². The van der Waals surface area contributed by atoms with Gasteiger partial charge in [-0.3, -0.25) is 0 Å². The highest BCUT2D eigenvalue weighted by molar-refractivity contribution is 5.13. The first-order chi connectivity index (χ1) is 3.86. The van der Waals surface area contributed by atoms with E-state index >= 15 is 0 Å². The molecule has 0 spiro atoms. The van der Waals surface area contributed by atoms with Crippen molar-refractivity contribution < 1.29 is 4.74 Å². The van der Waals surface area contributed by atoms with Crippen molar-refractivity contribution in [3.8, 4) is 0 Å². The van der Waals surface area contributed by atoms with E-state index in [0.717, 1.165) is 6.42 Å². The second kappa shape index (κ2) is 1.35. The zero-order valence-electron chi connectivity index (χ0n) is 4.89. The molecule has 2 heterocycles. The Morgan fingerprint density at radius 1 is 1.50 bits per heavy atom. The molecule has 1 heteroatoms. The molecule has 2 fully saturated rings. The van der Waals surface area contributed by atoms with E-state index in [1.807, 2.05) is 0 Å². The average molecular weight is 110 g/mol. The summed E-state index contributed by atoms with van der Waals surface area (Å²) >= 11 is 0. The van der Waals surface area contributed by atoms with Gasteiger partial charge < -0.3 is 4.74 Å². The second-order valence-corrected chi connectivity index (χ2v) is 2.69. The third-order valence-electron chi connectivity index (χ3n) is 2.05. The van der Waals surface area contributed by atoms with Crippen LogP contribution in [-0.2, 0) is 4.74 Å². The molecule has 0 N–H and O–H groups in total. The molecule has 0 amide bonds. The lowest BCUT2D eigenvalue weighted by Crippen LogP contribution is -2.02. The van der Waals surface area contributed by atoms with Gasteiger partial charge in [0.25, 0.3) is 0 Å². The van der Waals surface area contributed by atoms with Gasteiger partial charge in [-0.1, -0.05) is 6.58 Å². The van der Waals surface area contributed by atoms with Gasteiger partial charge in [-0.15, -0.1) is 0 Å². The number of hydrogen-bond donors (Lipinski definition) is 0. The van der Waals surface area contributed by atoms with Gasteiger partial charge in [-0.25, -0.2) is 0 Å². The van der Waals surface area contributed by atoms with E-state index in [-0.39, 0.29) is 0 Å². The maximum Gasteiger partial charge on any atom is 0.0788 e. The molecule has 0 aromatic rings. The van der Waals surface area contributed by atoms with Gasteiger partial charge >= 0.3 is 0 Å². The standard InChI is InChI=1S/C7H10O/c1-5-4-6-2-3-7(5)8-6/h6-7H,1-4H2. The van der Waals surface area contributed by atoms with Crippen LogP contribution in [0, 0.1) is 0 Å². The maximum atomic E-state index is 5.48. The van der Waals surface area contributed by atoms with Crippen molar-refractivity contribution >= 4 is 0 Å². The first kappa shape index (κ1) is 4.57. The molecule has 44 valence electrons. The third kappa shape index (κ3) is 0.451. The summed E-state index contributed by atoms with van der Waals surface area (Å²) in [6.07, 6.45) is 4.62. The summed E-state index contributed by atoms with van der Waals surface area (Å²) in [7, 11) is 0.